The third-order valence-electron chi connectivity index (χ3n) is 1.65. The van der Waals surface area contributed by atoms with Gasteiger partial charge in [0.2, 0.25) is 0 Å². The molecule has 2 aromatic heterocycles. The van der Waals surface area contributed by atoms with Gasteiger partial charge in [-0.1, -0.05) is 0 Å². The van der Waals surface area contributed by atoms with E-state index in [1.807, 2.05) is 6.07 Å². The van der Waals surface area contributed by atoms with Crippen LogP contribution >= 0.6 is 43.2 Å². The van der Waals surface area contributed by atoms with Gasteiger partial charge in [0.05, 0.1) is 4.88 Å². The van der Waals surface area contributed by atoms with Crippen molar-refractivity contribution in [2.45, 2.75) is 0 Å². The predicted octanol–water partition coefficient (Wildman–Crippen LogP) is 3.54. The summed E-state index contributed by atoms with van der Waals surface area (Å²) in [6, 6.07) is 1.89. The van der Waals surface area contributed by atoms with E-state index in [1.54, 1.807) is 12.4 Å². The minimum atomic E-state index is 0.599. The van der Waals surface area contributed by atoms with Gasteiger partial charge in [-0.2, -0.15) is 0 Å². The van der Waals surface area contributed by atoms with Gasteiger partial charge < -0.3 is 0 Å². The molecule has 0 aliphatic carbocycles. The molecule has 0 atom stereocenters. The summed E-state index contributed by atoms with van der Waals surface area (Å²) >= 11 is 8.04. The highest BCUT2D eigenvalue weighted by molar-refractivity contribution is 9.11. The highest BCUT2D eigenvalue weighted by atomic mass is 79.9. The number of nitrogens with zero attached hydrogens (tertiary/aromatic N) is 2. The lowest BCUT2D eigenvalue weighted by molar-refractivity contribution is 0.112. The van der Waals surface area contributed by atoms with Gasteiger partial charge in [0, 0.05) is 21.3 Å². The maximum absolute atomic E-state index is 10.5. The second kappa shape index (κ2) is 4.51. The minimum absolute atomic E-state index is 0.599. The molecule has 0 radical (unpaired) electrons. The van der Waals surface area contributed by atoms with Gasteiger partial charge in [0.15, 0.2) is 6.29 Å². The molecule has 6 heteroatoms. The summed E-state index contributed by atoms with van der Waals surface area (Å²) in [5, 5.41) is 0.733. The zero-order valence-corrected chi connectivity index (χ0v) is 11.3. The van der Waals surface area contributed by atoms with Crippen LogP contribution in [0, 0.1) is 0 Å². The zero-order valence-electron chi connectivity index (χ0n) is 7.28. The maximum atomic E-state index is 10.5. The summed E-state index contributed by atoms with van der Waals surface area (Å²) < 4.78 is 1.74. The van der Waals surface area contributed by atoms with Gasteiger partial charge in [0.1, 0.15) is 10.7 Å². The number of carbonyl (C=O) groups excluding carboxylic acids is 1. The van der Waals surface area contributed by atoms with Gasteiger partial charge in [-0.05, 0) is 37.9 Å². The molecule has 0 bridgehead atoms. The number of aromatic nitrogens is 2. The lowest BCUT2D eigenvalue weighted by Crippen LogP contribution is -1.83. The SMILES string of the molecule is O=Cc1cnc(-c2ncc(Br)cc2Br)s1. The normalized spacial score (nSPS) is 10.3. The molecule has 0 aromatic carbocycles. The highest BCUT2D eigenvalue weighted by Gasteiger charge is 2.09. The van der Waals surface area contributed by atoms with Crippen molar-refractivity contribution in [2.24, 2.45) is 0 Å². The van der Waals surface area contributed by atoms with Crippen LogP contribution in [0.1, 0.15) is 9.67 Å². The summed E-state index contributed by atoms with van der Waals surface area (Å²) in [4.78, 5) is 19.5. The molecule has 0 saturated heterocycles. The fourth-order valence-electron chi connectivity index (χ4n) is 1.02. The molecule has 15 heavy (non-hydrogen) atoms. The van der Waals surface area contributed by atoms with E-state index in [1.165, 1.54) is 11.3 Å². The van der Waals surface area contributed by atoms with Crippen molar-refractivity contribution in [3.05, 3.63) is 32.3 Å². The van der Waals surface area contributed by atoms with Gasteiger partial charge in [-0.3, -0.25) is 9.78 Å². The number of thiazole rings is 1. The summed E-state index contributed by atoms with van der Waals surface area (Å²) in [5.74, 6) is 0. The van der Waals surface area contributed by atoms with Crippen LogP contribution in [0.15, 0.2) is 27.4 Å². The van der Waals surface area contributed by atoms with Crippen LogP contribution in [-0.4, -0.2) is 16.3 Å². The number of carbonyl (C=O) groups is 1. The van der Waals surface area contributed by atoms with E-state index in [2.05, 4.69) is 41.8 Å². The Balaban J connectivity index is 2.49. The monoisotopic (exact) mass is 346 g/mol. The van der Waals surface area contributed by atoms with Gasteiger partial charge in [-0.15, -0.1) is 11.3 Å². The summed E-state index contributed by atoms with van der Waals surface area (Å²) in [5.41, 5.74) is 0.747. The van der Waals surface area contributed by atoms with Crippen LogP contribution in [0.2, 0.25) is 0 Å². The molecule has 0 unspecified atom stereocenters. The molecule has 0 saturated carbocycles. The number of aldehydes is 1. The van der Waals surface area contributed by atoms with E-state index < -0.39 is 0 Å². The Morgan fingerprint density at radius 1 is 1.27 bits per heavy atom. The molecule has 0 fully saturated rings. The molecule has 3 nitrogen and oxygen atoms in total. The van der Waals surface area contributed by atoms with Gasteiger partial charge >= 0.3 is 0 Å². The molecule has 2 heterocycles. The van der Waals surface area contributed by atoms with Crippen LogP contribution in [0.4, 0.5) is 0 Å². The summed E-state index contributed by atoms with van der Waals surface area (Å²) in [6.45, 7) is 0. The average Bonchev–Trinajstić information content (AvgIpc) is 2.66. The number of rotatable bonds is 2. The van der Waals surface area contributed by atoms with E-state index in [-0.39, 0.29) is 0 Å². The van der Waals surface area contributed by atoms with E-state index in [0.717, 1.165) is 25.9 Å². The van der Waals surface area contributed by atoms with Crippen molar-refractivity contribution in [1.82, 2.24) is 9.97 Å². The molecule has 76 valence electrons. The number of halogens is 2. The second-order valence-corrected chi connectivity index (χ2v) is 5.50. The zero-order chi connectivity index (χ0) is 10.8. The number of hydrogen-bond acceptors (Lipinski definition) is 4. The first-order valence-corrected chi connectivity index (χ1v) is 6.33. The summed E-state index contributed by atoms with van der Waals surface area (Å²) in [7, 11) is 0. The molecule has 0 aliphatic heterocycles. The molecule has 0 amide bonds. The lowest BCUT2D eigenvalue weighted by Gasteiger charge is -1.99. The Morgan fingerprint density at radius 3 is 2.67 bits per heavy atom. The Morgan fingerprint density at radius 2 is 2.07 bits per heavy atom. The molecule has 0 N–H and O–H groups in total. The molecule has 0 spiro atoms. The first-order chi connectivity index (χ1) is 7.20. The van der Waals surface area contributed by atoms with E-state index in [0.29, 0.717) is 4.88 Å². The van der Waals surface area contributed by atoms with Crippen LogP contribution in [0.5, 0.6) is 0 Å². The molecular formula is C9H4Br2N2OS. The maximum Gasteiger partial charge on any atom is 0.161 e. The first kappa shape index (κ1) is 10.9. The average molecular weight is 348 g/mol. The Labute approximate surface area is 107 Å². The lowest BCUT2D eigenvalue weighted by atomic mass is 10.4. The summed E-state index contributed by atoms with van der Waals surface area (Å²) in [6.07, 6.45) is 4.03. The largest absolute Gasteiger partial charge is 0.297 e. The van der Waals surface area contributed by atoms with Crippen LogP contribution < -0.4 is 0 Å². The van der Waals surface area contributed by atoms with Crippen LogP contribution in [-0.2, 0) is 0 Å². The van der Waals surface area contributed by atoms with Crippen molar-refractivity contribution in [3.63, 3.8) is 0 Å². The number of hydrogen-bond donors (Lipinski definition) is 0. The first-order valence-electron chi connectivity index (χ1n) is 3.93. The Bertz CT molecular complexity index is 513. The minimum Gasteiger partial charge on any atom is -0.297 e. The smallest absolute Gasteiger partial charge is 0.161 e. The third-order valence-corrected chi connectivity index (χ3v) is 3.62. The fourth-order valence-corrected chi connectivity index (χ4v) is 3.07. The van der Waals surface area contributed by atoms with Crippen molar-refractivity contribution < 1.29 is 4.79 Å². The van der Waals surface area contributed by atoms with Crippen LogP contribution in [0.25, 0.3) is 10.7 Å². The van der Waals surface area contributed by atoms with Crippen molar-refractivity contribution in [2.75, 3.05) is 0 Å². The topological polar surface area (TPSA) is 42.9 Å². The molecule has 2 aromatic rings. The van der Waals surface area contributed by atoms with E-state index in [4.69, 9.17) is 0 Å². The third kappa shape index (κ3) is 2.32. The van der Waals surface area contributed by atoms with Crippen LogP contribution in [0.3, 0.4) is 0 Å². The van der Waals surface area contributed by atoms with Gasteiger partial charge in [0.25, 0.3) is 0 Å². The van der Waals surface area contributed by atoms with Crippen molar-refractivity contribution in [1.29, 1.82) is 0 Å². The quantitative estimate of drug-likeness (QED) is 0.780. The van der Waals surface area contributed by atoms with E-state index in [9.17, 15) is 4.79 Å². The van der Waals surface area contributed by atoms with Crippen molar-refractivity contribution >= 4 is 49.5 Å². The number of pyridine rings is 1. The molecule has 2 rings (SSSR count). The Hall–Kier alpha value is -0.590. The fraction of sp³-hybridized carbons (Fsp3) is 0. The highest BCUT2D eigenvalue weighted by Crippen LogP contribution is 2.30. The molecule has 0 aliphatic rings. The second-order valence-electron chi connectivity index (χ2n) is 2.67. The predicted molar refractivity (Wildman–Crippen MR) is 66.1 cm³/mol. The van der Waals surface area contributed by atoms with Crippen molar-refractivity contribution in [3.8, 4) is 10.7 Å². The Kier molecular flexibility index (Phi) is 3.28. The molecular weight excluding hydrogens is 344 g/mol. The van der Waals surface area contributed by atoms with E-state index >= 15 is 0 Å². The standard InChI is InChI=1S/C9H4Br2N2OS/c10-5-1-7(11)8(12-2-5)9-13-3-6(4-14)15-9/h1-4H. The van der Waals surface area contributed by atoms with Gasteiger partial charge in [-0.25, -0.2) is 4.98 Å².